The molecule has 0 bridgehead atoms. The minimum atomic E-state index is -0.379. The number of hydrogen-bond acceptors (Lipinski definition) is 3. The Hall–Kier alpha value is -1.55. The number of rotatable bonds is 7. The Labute approximate surface area is 128 Å². The van der Waals surface area contributed by atoms with E-state index in [1.54, 1.807) is 0 Å². The summed E-state index contributed by atoms with van der Waals surface area (Å²) >= 11 is 0. The van der Waals surface area contributed by atoms with E-state index in [1.807, 2.05) is 39.0 Å². The van der Waals surface area contributed by atoms with E-state index < -0.39 is 0 Å². The van der Waals surface area contributed by atoms with Crippen molar-refractivity contribution in [3.05, 3.63) is 29.3 Å². The molecule has 118 valence electrons. The van der Waals surface area contributed by atoms with Gasteiger partial charge in [-0.05, 0) is 50.3 Å². The zero-order valence-corrected chi connectivity index (χ0v) is 13.8. The Morgan fingerprint density at radius 2 is 2.05 bits per heavy atom. The second-order valence-electron chi connectivity index (χ2n) is 6.47. The van der Waals surface area contributed by atoms with Crippen molar-refractivity contribution < 1.29 is 9.53 Å². The number of hydrogen-bond donors (Lipinski definition) is 2. The van der Waals surface area contributed by atoms with Gasteiger partial charge >= 0.3 is 0 Å². The van der Waals surface area contributed by atoms with Crippen molar-refractivity contribution in [3.8, 4) is 5.75 Å². The minimum absolute atomic E-state index is 0.0119. The summed E-state index contributed by atoms with van der Waals surface area (Å²) < 4.78 is 5.62. The standard InChI is InChI=1S/C17H28N2O2/c1-12(2)9-17(5,11-18)19-16(20)10-21-15-8-13(3)6-7-14(15)4/h6-8,12H,9-11,18H2,1-5H3,(H,19,20). The van der Waals surface area contributed by atoms with Gasteiger partial charge in [-0.15, -0.1) is 0 Å². The number of aryl methyl sites for hydroxylation is 2. The maximum absolute atomic E-state index is 12.1. The van der Waals surface area contributed by atoms with Crippen LogP contribution in [0.15, 0.2) is 18.2 Å². The van der Waals surface area contributed by atoms with Crippen LogP contribution < -0.4 is 15.8 Å². The maximum Gasteiger partial charge on any atom is 0.258 e. The molecule has 1 aromatic rings. The van der Waals surface area contributed by atoms with E-state index in [1.165, 1.54) is 0 Å². The first-order chi connectivity index (χ1) is 9.75. The third-order valence-corrected chi connectivity index (χ3v) is 3.45. The number of nitrogens with one attached hydrogen (secondary N) is 1. The lowest BCUT2D eigenvalue weighted by Gasteiger charge is -2.31. The maximum atomic E-state index is 12.1. The molecule has 1 unspecified atom stereocenters. The van der Waals surface area contributed by atoms with Crippen molar-refractivity contribution in [1.29, 1.82) is 0 Å². The summed E-state index contributed by atoms with van der Waals surface area (Å²) in [5.41, 5.74) is 7.56. The van der Waals surface area contributed by atoms with Gasteiger partial charge in [0.1, 0.15) is 5.75 Å². The summed E-state index contributed by atoms with van der Waals surface area (Å²) in [6, 6.07) is 5.96. The number of nitrogens with two attached hydrogens (primary N) is 1. The molecule has 4 heteroatoms. The largest absolute Gasteiger partial charge is 0.483 e. The highest BCUT2D eigenvalue weighted by atomic mass is 16.5. The van der Waals surface area contributed by atoms with Gasteiger partial charge in [0.15, 0.2) is 6.61 Å². The normalized spacial score (nSPS) is 13.9. The summed E-state index contributed by atoms with van der Waals surface area (Å²) in [4.78, 5) is 12.1. The van der Waals surface area contributed by atoms with E-state index in [-0.39, 0.29) is 18.1 Å². The van der Waals surface area contributed by atoms with E-state index in [2.05, 4.69) is 19.2 Å². The SMILES string of the molecule is Cc1ccc(C)c(OCC(=O)NC(C)(CN)CC(C)C)c1. The molecule has 1 atom stereocenters. The summed E-state index contributed by atoms with van der Waals surface area (Å²) in [5.74, 6) is 1.09. The Balaban J connectivity index is 2.59. The number of amides is 1. The van der Waals surface area contributed by atoms with Crippen molar-refractivity contribution in [2.75, 3.05) is 13.2 Å². The highest BCUT2D eigenvalue weighted by molar-refractivity contribution is 5.78. The number of carbonyl (C=O) groups excluding carboxylic acids is 1. The smallest absolute Gasteiger partial charge is 0.258 e. The van der Waals surface area contributed by atoms with Crippen LogP contribution in [0.3, 0.4) is 0 Å². The third kappa shape index (κ3) is 5.76. The van der Waals surface area contributed by atoms with Crippen LogP contribution in [0.5, 0.6) is 5.75 Å². The molecular weight excluding hydrogens is 264 g/mol. The minimum Gasteiger partial charge on any atom is -0.483 e. The molecule has 3 N–H and O–H groups in total. The van der Waals surface area contributed by atoms with Gasteiger partial charge in [-0.3, -0.25) is 4.79 Å². The Morgan fingerprint density at radius 1 is 1.38 bits per heavy atom. The number of ether oxygens (including phenoxy) is 1. The average molecular weight is 292 g/mol. The molecule has 1 rings (SSSR count). The Bertz CT molecular complexity index is 486. The van der Waals surface area contributed by atoms with E-state index in [0.717, 1.165) is 23.3 Å². The zero-order valence-electron chi connectivity index (χ0n) is 13.8. The molecule has 21 heavy (non-hydrogen) atoms. The van der Waals surface area contributed by atoms with Crippen LogP contribution in [-0.4, -0.2) is 24.6 Å². The summed E-state index contributed by atoms with van der Waals surface area (Å²) in [7, 11) is 0. The van der Waals surface area contributed by atoms with E-state index in [4.69, 9.17) is 10.5 Å². The first-order valence-corrected chi connectivity index (χ1v) is 7.47. The molecule has 0 aliphatic carbocycles. The fourth-order valence-electron chi connectivity index (χ4n) is 2.47. The molecule has 0 heterocycles. The van der Waals surface area contributed by atoms with E-state index >= 15 is 0 Å². The van der Waals surface area contributed by atoms with Gasteiger partial charge in [0.2, 0.25) is 0 Å². The molecule has 0 saturated carbocycles. The van der Waals surface area contributed by atoms with Gasteiger partial charge in [-0.2, -0.15) is 0 Å². The highest BCUT2D eigenvalue weighted by Crippen LogP contribution is 2.19. The first-order valence-electron chi connectivity index (χ1n) is 7.47. The van der Waals surface area contributed by atoms with Crippen molar-refractivity contribution >= 4 is 5.91 Å². The summed E-state index contributed by atoms with van der Waals surface area (Å²) in [6.45, 7) is 10.6. The van der Waals surface area contributed by atoms with Crippen molar-refractivity contribution in [2.45, 2.75) is 46.6 Å². The third-order valence-electron chi connectivity index (χ3n) is 3.45. The van der Waals surface area contributed by atoms with E-state index in [9.17, 15) is 4.79 Å². The van der Waals surface area contributed by atoms with Gasteiger partial charge in [-0.1, -0.05) is 26.0 Å². The van der Waals surface area contributed by atoms with Crippen LogP contribution >= 0.6 is 0 Å². The summed E-state index contributed by atoms with van der Waals surface area (Å²) in [6.07, 6.45) is 0.846. The molecule has 0 radical (unpaired) electrons. The lowest BCUT2D eigenvalue weighted by molar-refractivity contribution is -0.125. The zero-order chi connectivity index (χ0) is 16.0. The van der Waals surface area contributed by atoms with Crippen LogP contribution in [0.25, 0.3) is 0 Å². The van der Waals surface area contributed by atoms with Gasteiger partial charge < -0.3 is 15.8 Å². The van der Waals surface area contributed by atoms with Crippen LogP contribution in [0.4, 0.5) is 0 Å². The monoisotopic (exact) mass is 292 g/mol. The predicted octanol–water partition coefficient (Wildman–Crippen LogP) is 2.56. The molecule has 4 nitrogen and oxygen atoms in total. The topological polar surface area (TPSA) is 64.3 Å². The quantitative estimate of drug-likeness (QED) is 0.812. The number of benzene rings is 1. The second-order valence-corrected chi connectivity index (χ2v) is 6.47. The van der Waals surface area contributed by atoms with Crippen molar-refractivity contribution in [2.24, 2.45) is 11.7 Å². The van der Waals surface area contributed by atoms with Crippen LogP contribution in [0.1, 0.15) is 38.3 Å². The Morgan fingerprint density at radius 3 is 2.62 bits per heavy atom. The molecular formula is C17H28N2O2. The second kappa shape index (κ2) is 7.46. The average Bonchev–Trinajstić information content (AvgIpc) is 2.39. The fraction of sp³-hybridized carbons (Fsp3) is 0.588. The molecule has 0 aliphatic heterocycles. The molecule has 0 saturated heterocycles. The molecule has 0 aromatic heterocycles. The van der Waals surface area contributed by atoms with Crippen molar-refractivity contribution in [3.63, 3.8) is 0 Å². The van der Waals surface area contributed by atoms with Crippen LogP contribution in [0, 0.1) is 19.8 Å². The lowest BCUT2D eigenvalue weighted by atomic mass is 9.91. The van der Waals surface area contributed by atoms with Crippen molar-refractivity contribution in [1.82, 2.24) is 5.32 Å². The molecule has 0 aliphatic rings. The molecule has 0 spiro atoms. The van der Waals surface area contributed by atoms with Crippen LogP contribution in [-0.2, 0) is 4.79 Å². The molecule has 1 aromatic carbocycles. The van der Waals surface area contributed by atoms with Gasteiger partial charge in [0.05, 0.1) is 0 Å². The highest BCUT2D eigenvalue weighted by Gasteiger charge is 2.25. The van der Waals surface area contributed by atoms with Crippen LogP contribution in [0.2, 0.25) is 0 Å². The predicted molar refractivity (Wildman–Crippen MR) is 86.5 cm³/mol. The first kappa shape index (κ1) is 17.5. The van der Waals surface area contributed by atoms with E-state index in [0.29, 0.717) is 12.5 Å². The van der Waals surface area contributed by atoms with Gasteiger partial charge in [-0.25, -0.2) is 0 Å². The molecule has 1 amide bonds. The van der Waals surface area contributed by atoms with Gasteiger partial charge in [0, 0.05) is 12.1 Å². The summed E-state index contributed by atoms with van der Waals surface area (Å²) in [5, 5.41) is 2.99. The Kier molecular flexibility index (Phi) is 6.21. The van der Waals surface area contributed by atoms with Gasteiger partial charge in [0.25, 0.3) is 5.91 Å². The fourth-order valence-corrected chi connectivity index (χ4v) is 2.47. The molecule has 0 fully saturated rings. The lowest BCUT2D eigenvalue weighted by Crippen LogP contribution is -2.53. The number of carbonyl (C=O) groups is 1.